The zero-order valence-corrected chi connectivity index (χ0v) is 8.64. The van der Waals surface area contributed by atoms with E-state index in [0.29, 0.717) is 0 Å². The second kappa shape index (κ2) is 5.55. The fraction of sp³-hybridized carbons (Fsp3) is 0.250. The predicted octanol–water partition coefficient (Wildman–Crippen LogP) is 2.47. The minimum atomic E-state index is -3.19. The fourth-order valence-corrected chi connectivity index (χ4v) is 1.03. The summed E-state index contributed by atoms with van der Waals surface area (Å²) >= 11 is 5.44. The van der Waals surface area contributed by atoms with Gasteiger partial charge in [0.05, 0.1) is 0 Å². The van der Waals surface area contributed by atoms with Crippen LogP contribution in [-0.4, -0.2) is 23.1 Å². The molecule has 1 aromatic rings. The molecule has 0 aliphatic heterocycles. The molecular formula is C8H7ClF3N3O. The standard InChI is InChI=1S/C8H7ClF3N3O/c1-2-3-13-8-14-5(9)4(6(10)15-8)16-7(11)12/h2,7H,1,3H2,(H,13,14,15). The number of aromatic nitrogens is 2. The van der Waals surface area contributed by atoms with Gasteiger partial charge in [0.1, 0.15) is 0 Å². The molecule has 0 saturated heterocycles. The maximum Gasteiger partial charge on any atom is 0.387 e. The first-order valence-electron chi connectivity index (χ1n) is 4.07. The summed E-state index contributed by atoms with van der Waals surface area (Å²) in [5.41, 5.74) is 0. The van der Waals surface area contributed by atoms with Crippen LogP contribution in [-0.2, 0) is 0 Å². The third-order valence-electron chi connectivity index (χ3n) is 1.39. The van der Waals surface area contributed by atoms with Gasteiger partial charge in [0.25, 0.3) is 5.95 Å². The maximum absolute atomic E-state index is 13.1. The summed E-state index contributed by atoms with van der Waals surface area (Å²) in [5, 5.41) is 2.02. The molecule has 0 bridgehead atoms. The number of halogens is 4. The van der Waals surface area contributed by atoms with Gasteiger partial charge in [-0.15, -0.1) is 6.58 Å². The summed E-state index contributed by atoms with van der Waals surface area (Å²) in [4.78, 5) is 6.77. The third kappa shape index (κ3) is 3.27. The van der Waals surface area contributed by atoms with Crippen molar-refractivity contribution in [1.82, 2.24) is 9.97 Å². The van der Waals surface area contributed by atoms with Crippen molar-refractivity contribution in [2.45, 2.75) is 6.61 Å². The molecule has 0 radical (unpaired) electrons. The average molecular weight is 254 g/mol. The molecule has 8 heteroatoms. The van der Waals surface area contributed by atoms with E-state index >= 15 is 0 Å². The van der Waals surface area contributed by atoms with E-state index < -0.39 is 23.5 Å². The first-order valence-corrected chi connectivity index (χ1v) is 4.45. The SMILES string of the molecule is C=CCNc1nc(F)c(OC(F)F)c(Cl)n1. The van der Waals surface area contributed by atoms with Crippen LogP contribution in [0.25, 0.3) is 0 Å². The van der Waals surface area contributed by atoms with Gasteiger partial charge in [0, 0.05) is 6.54 Å². The minimum Gasteiger partial charge on any atom is -0.427 e. The predicted molar refractivity (Wildman–Crippen MR) is 52.3 cm³/mol. The van der Waals surface area contributed by atoms with Crippen molar-refractivity contribution >= 4 is 17.5 Å². The number of alkyl halides is 2. The molecule has 1 aromatic heterocycles. The van der Waals surface area contributed by atoms with Crippen LogP contribution in [0.2, 0.25) is 5.15 Å². The second-order valence-corrected chi connectivity index (χ2v) is 2.86. The number of nitrogens with zero attached hydrogens (tertiary/aromatic N) is 2. The van der Waals surface area contributed by atoms with E-state index in [1.807, 2.05) is 0 Å². The van der Waals surface area contributed by atoms with Crippen LogP contribution in [0.3, 0.4) is 0 Å². The lowest BCUT2D eigenvalue weighted by Gasteiger charge is -2.08. The zero-order chi connectivity index (χ0) is 12.1. The number of anilines is 1. The van der Waals surface area contributed by atoms with Gasteiger partial charge < -0.3 is 10.1 Å². The molecule has 0 unspecified atom stereocenters. The van der Waals surface area contributed by atoms with Crippen molar-refractivity contribution in [3.05, 3.63) is 23.8 Å². The number of hydrogen-bond acceptors (Lipinski definition) is 4. The molecule has 0 amide bonds. The molecule has 0 aliphatic rings. The van der Waals surface area contributed by atoms with Crippen LogP contribution in [0.5, 0.6) is 5.75 Å². The summed E-state index contributed by atoms with van der Waals surface area (Å²) in [6.45, 7) is 0.499. The molecule has 0 saturated carbocycles. The van der Waals surface area contributed by atoms with Crippen LogP contribution in [0, 0.1) is 5.95 Å². The smallest absolute Gasteiger partial charge is 0.387 e. The average Bonchev–Trinajstić information content (AvgIpc) is 2.20. The summed E-state index contributed by atoms with van der Waals surface area (Å²) in [5.74, 6) is -2.27. The summed E-state index contributed by atoms with van der Waals surface area (Å²) in [7, 11) is 0. The number of nitrogens with one attached hydrogen (secondary N) is 1. The fourth-order valence-electron chi connectivity index (χ4n) is 0.826. The second-order valence-electron chi connectivity index (χ2n) is 2.51. The molecule has 0 aliphatic carbocycles. The molecule has 4 nitrogen and oxygen atoms in total. The molecule has 0 fully saturated rings. The highest BCUT2D eigenvalue weighted by Crippen LogP contribution is 2.27. The van der Waals surface area contributed by atoms with Gasteiger partial charge in [-0.25, -0.2) is 0 Å². The lowest BCUT2D eigenvalue weighted by Crippen LogP contribution is -2.09. The van der Waals surface area contributed by atoms with Crippen molar-refractivity contribution in [3.8, 4) is 5.75 Å². The molecule has 0 atom stereocenters. The summed E-state index contributed by atoms with van der Waals surface area (Å²) < 4.78 is 40.7. The Balaban J connectivity index is 2.93. The molecule has 88 valence electrons. The molecule has 1 N–H and O–H groups in total. The van der Waals surface area contributed by atoms with Gasteiger partial charge in [-0.1, -0.05) is 17.7 Å². The highest BCUT2D eigenvalue weighted by atomic mass is 35.5. The highest BCUT2D eigenvalue weighted by Gasteiger charge is 2.18. The van der Waals surface area contributed by atoms with Crippen LogP contribution in [0.1, 0.15) is 0 Å². The van der Waals surface area contributed by atoms with E-state index in [2.05, 4.69) is 26.6 Å². The Morgan fingerprint density at radius 3 is 2.69 bits per heavy atom. The molecule has 1 rings (SSSR count). The Morgan fingerprint density at radius 1 is 1.50 bits per heavy atom. The van der Waals surface area contributed by atoms with Crippen molar-refractivity contribution < 1.29 is 17.9 Å². The summed E-state index contributed by atoms with van der Waals surface area (Å²) in [6.07, 6.45) is 1.48. The van der Waals surface area contributed by atoms with Crippen molar-refractivity contribution in [3.63, 3.8) is 0 Å². The first-order chi connectivity index (χ1) is 7.54. The quantitative estimate of drug-likeness (QED) is 0.647. The topological polar surface area (TPSA) is 47.0 Å². The highest BCUT2D eigenvalue weighted by molar-refractivity contribution is 6.30. The van der Waals surface area contributed by atoms with Crippen LogP contribution < -0.4 is 10.1 Å². The van der Waals surface area contributed by atoms with E-state index in [0.717, 1.165) is 0 Å². The maximum atomic E-state index is 13.1. The minimum absolute atomic E-state index is 0.135. The van der Waals surface area contributed by atoms with Crippen LogP contribution in [0.15, 0.2) is 12.7 Å². The lowest BCUT2D eigenvalue weighted by molar-refractivity contribution is -0.0528. The van der Waals surface area contributed by atoms with Gasteiger partial charge in [0.15, 0.2) is 5.15 Å². The Labute approximate surface area is 94.1 Å². The van der Waals surface area contributed by atoms with E-state index in [9.17, 15) is 13.2 Å². The number of hydrogen-bond donors (Lipinski definition) is 1. The molecule has 16 heavy (non-hydrogen) atoms. The first kappa shape index (κ1) is 12.6. The zero-order valence-electron chi connectivity index (χ0n) is 7.88. The van der Waals surface area contributed by atoms with Gasteiger partial charge in [0.2, 0.25) is 11.7 Å². The Bertz CT molecular complexity index is 366. The molecule has 1 heterocycles. The van der Waals surface area contributed by atoms with Gasteiger partial charge >= 0.3 is 6.61 Å². The van der Waals surface area contributed by atoms with Gasteiger partial charge in [-0.2, -0.15) is 23.1 Å². The Kier molecular flexibility index (Phi) is 4.36. The third-order valence-corrected chi connectivity index (χ3v) is 1.65. The molecular weight excluding hydrogens is 247 g/mol. The molecule has 0 aromatic carbocycles. The number of rotatable bonds is 5. The lowest BCUT2D eigenvalue weighted by atomic mass is 10.5. The van der Waals surface area contributed by atoms with E-state index in [1.54, 1.807) is 0 Å². The summed E-state index contributed by atoms with van der Waals surface area (Å²) in [6, 6.07) is 0. The number of ether oxygens (including phenoxy) is 1. The van der Waals surface area contributed by atoms with E-state index in [-0.39, 0.29) is 12.5 Å². The Hall–Kier alpha value is -1.50. The van der Waals surface area contributed by atoms with E-state index in [1.165, 1.54) is 6.08 Å². The van der Waals surface area contributed by atoms with Crippen LogP contribution >= 0.6 is 11.6 Å². The van der Waals surface area contributed by atoms with Gasteiger partial charge in [-0.3, -0.25) is 0 Å². The molecule has 0 spiro atoms. The van der Waals surface area contributed by atoms with Crippen molar-refractivity contribution in [2.24, 2.45) is 0 Å². The van der Waals surface area contributed by atoms with Crippen LogP contribution in [0.4, 0.5) is 19.1 Å². The Morgan fingerprint density at radius 2 is 2.19 bits per heavy atom. The van der Waals surface area contributed by atoms with Crippen molar-refractivity contribution in [2.75, 3.05) is 11.9 Å². The monoisotopic (exact) mass is 253 g/mol. The van der Waals surface area contributed by atoms with Gasteiger partial charge in [-0.05, 0) is 0 Å². The van der Waals surface area contributed by atoms with E-state index in [4.69, 9.17) is 11.6 Å². The normalized spacial score (nSPS) is 10.3. The largest absolute Gasteiger partial charge is 0.427 e. The van der Waals surface area contributed by atoms with Crippen molar-refractivity contribution in [1.29, 1.82) is 0 Å².